The summed E-state index contributed by atoms with van der Waals surface area (Å²) in [5.74, 6) is 2.26. The van der Waals surface area contributed by atoms with Crippen LogP contribution in [0.15, 0.2) is 6.20 Å². The van der Waals surface area contributed by atoms with Crippen molar-refractivity contribution in [1.29, 1.82) is 0 Å². The topological polar surface area (TPSA) is 72.9 Å². The van der Waals surface area contributed by atoms with Crippen LogP contribution in [0.3, 0.4) is 0 Å². The van der Waals surface area contributed by atoms with Crippen LogP contribution in [0.25, 0.3) is 0 Å². The van der Waals surface area contributed by atoms with Gasteiger partial charge >= 0.3 is 0 Å². The zero-order valence-electron chi connectivity index (χ0n) is 9.53. The molecule has 5 heteroatoms. The Morgan fingerprint density at radius 1 is 1.81 bits per heavy atom. The Morgan fingerprint density at radius 2 is 2.50 bits per heavy atom. The third-order valence-electron chi connectivity index (χ3n) is 2.18. The number of carbonyl (C=O) groups excluding carboxylic acids is 1. The average Bonchev–Trinajstić information content (AvgIpc) is 2.59. The monoisotopic (exact) mass is 220 g/mol. The van der Waals surface area contributed by atoms with Crippen LogP contribution in [0.1, 0.15) is 30.8 Å². The third-order valence-corrected chi connectivity index (χ3v) is 2.18. The number of nitrogens with two attached hydrogens (primary N) is 1. The fourth-order valence-electron chi connectivity index (χ4n) is 1.41. The van der Waals surface area contributed by atoms with E-state index in [0.717, 1.165) is 0 Å². The van der Waals surface area contributed by atoms with Gasteiger partial charge in [0.25, 0.3) is 5.91 Å². The molecule has 1 heterocycles. The predicted molar refractivity (Wildman–Crippen MR) is 62.7 cm³/mol. The molecule has 0 radical (unpaired) electrons. The Labute approximate surface area is 95.0 Å². The van der Waals surface area contributed by atoms with Crippen LogP contribution in [0.5, 0.6) is 0 Å². The summed E-state index contributed by atoms with van der Waals surface area (Å²) in [5.41, 5.74) is 6.46. The highest BCUT2D eigenvalue weighted by Crippen LogP contribution is 2.10. The average molecular weight is 220 g/mol. The second kappa shape index (κ2) is 5.21. The number of nitrogens with zero attached hydrogens (tertiary/aromatic N) is 2. The molecule has 0 spiro atoms. The van der Waals surface area contributed by atoms with Crippen LogP contribution >= 0.6 is 0 Å². The van der Waals surface area contributed by atoms with Crippen molar-refractivity contribution in [3.05, 3.63) is 11.9 Å². The van der Waals surface area contributed by atoms with E-state index in [9.17, 15) is 4.79 Å². The molecular weight excluding hydrogens is 204 g/mol. The van der Waals surface area contributed by atoms with E-state index in [2.05, 4.69) is 16.3 Å². The number of amides is 1. The van der Waals surface area contributed by atoms with E-state index < -0.39 is 0 Å². The van der Waals surface area contributed by atoms with E-state index in [-0.39, 0.29) is 11.9 Å². The molecule has 0 saturated heterocycles. The van der Waals surface area contributed by atoms with E-state index in [1.54, 1.807) is 4.68 Å². The Bertz CT molecular complexity index is 416. The number of nitrogens with one attached hydrogen (secondary N) is 1. The molecule has 0 aliphatic heterocycles. The summed E-state index contributed by atoms with van der Waals surface area (Å²) in [6, 6.07) is -0.0721. The molecular formula is C11H16N4O. The fraction of sp³-hybridized carbons (Fsp3) is 0.455. The molecule has 0 saturated carbocycles. The lowest BCUT2D eigenvalue weighted by molar-refractivity contribution is 0.0931. The van der Waals surface area contributed by atoms with Crippen molar-refractivity contribution in [3.8, 4) is 12.3 Å². The molecule has 0 bridgehead atoms. The van der Waals surface area contributed by atoms with E-state index in [0.29, 0.717) is 24.3 Å². The molecule has 1 unspecified atom stereocenters. The summed E-state index contributed by atoms with van der Waals surface area (Å²) < 4.78 is 1.56. The van der Waals surface area contributed by atoms with Crippen LogP contribution < -0.4 is 11.1 Å². The fourth-order valence-corrected chi connectivity index (χ4v) is 1.41. The van der Waals surface area contributed by atoms with E-state index in [1.165, 1.54) is 6.20 Å². The van der Waals surface area contributed by atoms with Crippen molar-refractivity contribution < 1.29 is 4.79 Å². The van der Waals surface area contributed by atoms with Gasteiger partial charge < -0.3 is 11.1 Å². The Hall–Kier alpha value is -1.96. The molecule has 5 nitrogen and oxygen atoms in total. The smallest absolute Gasteiger partial charge is 0.271 e. The molecule has 0 fully saturated rings. The number of rotatable bonds is 4. The minimum absolute atomic E-state index is 0.0721. The number of terminal acetylenes is 1. The zero-order valence-corrected chi connectivity index (χ0v) is 9.53. The summed E-state index contributed by atoms with van der Waals surface area (Å²) in [4.78, 5) is 11.9. The van der Waals surface area contributed by atoms with Crippen molar-refractivity contribution in [1.82, 2.24) is 15.1 Å². The summed E-state index contributed by atoms with van der Waals surface area (Å²) >= 11 is 0. The largest absolute Gasteiger partial charge is 0.396 e. The van der Waals surface area contributed by atoms with Gasteiger partial charge in [-0.25, -0.2) is 0 Å². The molecule has 1 rings (SSSR count). The van der Waals surface area contributed by atoms with Crippen LogP contribution in [0.2, 0.25) is 0 Å². The summed E-state index contributed by atoms with van der Waals surface area (Å²) in [6.45, 7) is 4.35. The van der Waals surface area contributed by atoms with Gasteiger partial charge in [-0.1, -0.05) is 0 Å². The maximum Gasteiger partial charge on any atom is 0.271 e. The molecule has 0 aromatic carbocycles. The predicted octanol–water partition coefficient (Wildman–Crippen LogP) is 0.627. The number of carbonyl (C=O) groups is 1. The highest BCUT2D eigenvalue weighted by Gasteiger charge is 2.17. The quantitative estimate of drug-likeness (QED) is 0.731. The molecule has 86 valence electrons. The number of aryl methyl sites for hydroxylation is 1. The van der Waals surface area contributed by atoms with Gasteiger partial charge in [-0.05, 0) is 13.8 Å². The molecule has 1 aromatic heterocycles. The zero-order chi connectivity index (χ0) is 12.1. The molecule has 16 heavy (non-hydrogen) atoms. The van der Waals surface area contributed by atoms with E-state index >= 15 is 0 Å². The Kier molecular flexibility index (Phi) is 3.95. The summed E-state index contributed by atoms with van der Waals surface area (Å²) in [7, 11) is 0. The van der Waals surface area contributed by atoms with Crippen LogP contribution in [-0.4, -0.2) is 21.7 Å². The second-order valence-electron chi connectivity index (χ2n) is 3.55. The van der Waals surface area contributed by atoms with Crippen molar-refractivity contribution in [2.24, 2.45) is 0 Å². The van der Waals surface area contributed by atoms with Gasteiger partial charge in [-0.15, -0.1) is 12.3 Å². The third kappa shape index (κ3) is 2.54. The lowest BCUT2D eigenvalue weighted by Gasteiger charge is -2.12. The van der Waals surface area contributed by atoms with Gasteiger partial charge in [-0.3, -0.25) is 9.48 Å². The van der Waals surface area contributed by atoms with Gasteiger partial charge in [0, 0.05) is 19.0 Å². The Morgan fingerprint density at radius 3 is 3.06 bits per heavy atom. The Balaban J connectivity index is 2.80. The van der Waals surface area contributed by atoms with Gasteiger partial charge in [-0.2, -0.15) is 5.10 Å². The SMILES string of the molecule is C#CCC(C)NC(=O)c1c(N)cnn1CC. The van der Waals surface area contributed by atoms with Crippen LogP contribution in [0.4, 0.5) is 5.69 Å². The van der Waals surface area contributed by atoms with Crippen molar-refractivity contribution in [2.45, 2.75) is 32.9 Å². The lowest BCUT2D eigenvalue weighted by Crippen LogP contribution is -2.34. The summed E-state index contributed by atoms with van der Waals surface area (Å²) in [6.07, 6.45) is 7.13. The normalized spacial score (nSPS) is 11.8. The number of nitrogen functional groups attached to an aromatic ring is 1. The minimum Gasteiger partial charge on any atom is -0.396 e. The highest BCUT2D eigenvalue weighted by atomic mass is 16.2. The first kappa shape index (κ1) is 12.1. The molecule has 0 aliphatic rings. The first-order chi connectivity index (χ1) is 7.60. The highest BCUT2D eigenvalue weighted by molar-refractivity contribution is 5.97. The lowest BCUT2D eigenvalue weighted by atomic mass is 10.2. The second-order valence-corrected chi connectivity index (χ2v) is 3.55. The molecule has 1 amide bonds. The van der Waals surface area contributed by atoms with E-state index in [4.69, 9.17) is 12.2 Å². The number of hydrogen-bond acceptors (Lipinski definition) is 3. The van der Waals surface area contributed by atoms with Crippen molar-refractivity contribution in [3.63, 3.8) is 0 Å². The number of anilines is 1. The number of hydrogen-bond donors (Lipinski definition) is 2. The number of aromatic nitrogens is 2. The van der Waals surface area contributed by atoms with Crippen molar-refractivity contribution >= 4 is 11.6 Å². The van der Waals surface area contributed by atoms with Crippen LogP contribution in [0, 0.1) is 12.3 Å². The molecule has 0 aliphatic carbocycles. The van der Waals surface area contributed by atoms with E-state index in [1.807, 2.05) is 13.8 Å². The van der Waals surface area contributed by atoms with Crippen molar-refractivity contribution in [2.75, 3.05) is 5.73 Å². The van der Waals surface area contributed by atoms with Gasteiger partial charge in [0.2, 0.25) is 0 Å². The van der Waals surface area contributed by atoms with Gasteiger partial charge in [0.1, 0.15) is 5.69 Å². The van der Waals surface area contributed by atoms with Gasteiger partial charge in [0.05, 0.1) is 11.9 Å². The van der Waals surface area contributed by atoms with Gasteiger partial charge in [0.15, 0.2) is 0 Å². The first-order valence-electron chi connectivity index (χ1n) is 5.15. The maximum absolute atomic E-state index is 11.9. The summed E-state index contributed by atoms with van der Waals surface area (Å²) in [5, 5.41) is 6.78. The minimum atomic E-state index is -0.236. The van der Waals surface area contributed by atoms with Crippen LogP contribution in [-0.2, 0) is 6.54 Å². The first-order valence-corrected chi connectivity index (χ1v) is 5.15. The maximum atomic E-state index is 11.9. The molecule has 3 N–H and O–H groups in total. The standard InChI is InChI=1S/C11H16N4O/c1-4-6-8(3)14-11(16)10-9(12)7-13-15(10)5-2/h1,7-8H,5-6,12H2,2-3H3,(H,14,16). The molecule has 1 aromatic rings. The molecule has 1 atom stereocenters.